The molecule has 0 unspecified atom stereocenters. The van der Waals surface area contributed by atoms with Gasteiger partial charge in [0.1, 0.15) is 5.82 Å². The van der Waals surface area contributed by atoms with Crippen molar-refractivity contribution in [2.75, 3.05) is 36.9 Å². The first-order valence-corrected chi connectivity index (χ1v) is 13.2. The smallest absolute Gasteiger partial charge is 0.120 e. The van der Waals surface area contributed by atoms with Gasteiger partial charge in [0.25, 0.3) is 0 Å². The fourth-order valence-corrected chi connectivity index (χ4v) is 5.00. The molecule has 5 rings (SSSR count). The fraction of sp³-hybridized carbons (Fsp3) is 0.333. The highest BCUT2D eigenvalue weighted by Gasteiger charge is 2.17. The van der Waals surface area contributed by atoms with E-state index in [2.05, 4.69) is 97.0 Å². The van der Waals surface area contributed by atoms with Gasteiger partial charge in [0.05, 0.1) is 23.6 Å². The number of rotatable bonds is 12. The third kappa shape index (κ3) is 6.96. The maximum absolute atomic E-state index is 4.54. The minimum absolute atomic E-state index is 0.743. The van der Waals surface area contributed by atoms with Crippen LogP contribution in [0.4, 0.5) is 11.4 Å². The first-order valence-electron chi connectivity index (χ1n) is 13.2. The minimum Gasteiger partial charge on any atom is -0.379 e. The molecule has 0 fully saturated rings. The molecule has 2 aromatic carbocycles. The van der Waals surface area contributed by atoms with Gasteiger partial charge in [0, 0.05) is 64.9 Å². The summed E-state index contributed by atoms with van der Waals surface area (Å²) in [6, 6.07) is 21.7. The molecular weight excluding hydrogens is 458 g/mol. The maximum Gasteiger partial charge on any atom is 0.120 e. The van der Waals surface area contributed by atoms with E-state index in [4.69, 9.17) is 0 Å². The molecule has 0 radical (unpaired) electrons. The van der Waals surface area contributed by atoms with Gasteiger partial charge in [-0.2, -0.15) is 0 Å². The Balaban J connectivity index is 1.18. The lowest BCUT2D eigenvalue weighted by Gasteiger charge is -2.30. The summed E-state index contributed by atoms with van der Waals surface area (Å²) in [5.74, 6) is 0.961. The first kappa shape index (κ1) is 25.0. The third-order valence-corrected chi connectivity index (χ3v) is 6.92. The number of anilines is 2. The van der Waals surface area contributed by atoms with Crippen molar-refractivity contribution in [3.05, 3.63) is 107 Å². The van der Waals surface area contributed by atoms with Gasteiger partial charge in [0.2, 0.25) is 0 Å². The van der Waals surface area contributed by atoms with Crippen LogP contribution in [0.25, 0.3) is 0 Å². The lowest BCUT2D eigenvalue weighted by Crippen LogP contribution is -2.31. The molecule has 1 aliphatic rings. The van der Waals surface area contributed by atoms with Gasteiger partial charge < -0.3 is 20.5 Å². The average Bonchev–Trinajstić information content (AvgIpc) is 3.45. The number of H-pyrrole nitrogens is 1. The van der Waals surface area contributed by atoms with E-state index >= 15 is 0 Å². The molecule has 37 heavy (non-hydrogen) atoms. The van der Waals surface area contributed by atoms with E-state index in [1.165, 1.54) is 34.5 Å². The van der Waals surface area contributed by atoms with Crippen LogP contribution in [-0.2, 0) is 32.6 Å². The summed E-state index contributed by atoms with van der Waals surface area (Å²) < 4.78 is 0. The zero-order valence-electron chi connectivity index (χ0n) is 21.7. The van der Waals surface area contributed by atoms with Crippen molar-refractivity contribution >= 4 is 11.4 Å². The Hall–Kier alpha value is -3.68. The number of pyridine rings is 1. The van der Waals surface area contributed by atoms with Crippen molar-refractivity contribution in [1.82, 2.24) is 25.2 Å². The average molecular weight is 496 g/mol. The van der Waals surface area contributed by atoms with E-state index in [1.54, 1.807) is 6.20 Å². The van der Waals surface area contributed by atoms with E-state index in [0.717, 1.165) is 63.8 Å². The van der Waals surface area contributed by atoms with E-state index in [9.17, 15) is 0 Å². The van der Waals surface area contributed by atoms with Crippen molar-refractivity contribution in [2.24, 2.45) is 0 Å². The molecule has 7 heteroatoms. The van der Waals surface area contributed by atoms with Crippen LogP contribution in [-0.4, -0.2) is 46.5 Å². The number of para-hydroxylation sites is 1. The summed E-state index contributed by atoms with van der Waals surface area (Å²) in [5.41, 5.74) is 7.72. The molecule has 0 saturated heterocycles. The number of aromatic amines is 1. The summed E-state index contributed by atoms with van der Waals surface area (Å²) >= 11 is 0. The normalized spacial score (nSPS) is 13.1. The Labute approximate surface area is 220 Å². The van der Waals surface area contributed by atoms with Crippen LogP contribution < -0.4 is 15.5 Å². The van der Waals surface area contributed by atoms with E-state index in [1.807, 2.05) is 18.5 Å². The molecule has 3 N–H and O–H groups in total. The van der Waals surface area contributed by atoms with Gasteiger partial charge in [-0.15, -0.1) is 0 Å². The van der Waals surface area contributed by atoms with Crippen LogP contribution in [0.2, 0.25) is 0 Å². The van der Waals surface area contributed by atoms with Crippen molar-refractivity contribution in [3.8, 4) is 0 Å². The Kier molecular flexibility index (Phi) is 8.46. The van der Waals surface area contributed by atoms with Gasteiger partial charge in [-0.25, -0.2) is 4.98 Å². The third-order valence-electron chi connectivity index (χ3n) is 6.92. The summed E-state index contributed by atoms with van der Waals surface area (Å²) in [6.45, 7) is 6.18. The number of hydrogen-bond acceptors (Lipinski definition) is 6. The van der Waals surface area contributed by atoms with Crippen LogP contribution in [0.5, 0.6) is 0 Å². The number of aryl methyl sites for hydroxylation is 1. The largest absolute Gasteiger partial charge is 0.379 e. The van der Waals surface area contributed by atoms with E-state index in [-0.39, 0.29) is 0 Å². The molecule has 192 valence electrons. The summed E-state index contributed by atoms with van der Waals surface area (Å²) in [5, 5.41) is 7.17. The zero-order valence-corrected chi connectivity index (χ0v) is 21.7. The number of nitrogens with one attached hydrogen (secondary N) is 3. The Morgan fingerprint density at radius 1 is 0.919 bits per heavy atom. The Morgan fingerprint density at radius 3 is 2.62 bits per heavy atom. The quantitative estimate of drug-likeness (QED) is 0.250. The standard InChI is InChI=1S/C30H37N7/c1-36-18-5-7-26-6-4-9-28(30(26)36)35-20-24-10-12-25(13-11-24)22-37(23-27-8-2-3-14-32-27)19-17-31-21-29-33-15-16-34-29/h2-4,6,8-16,31,35H,5,7,17-23H2,1H3,(H,33,34). The van der Waals surface area contributed by atoms with E-state index in [0.29, 0.717) is 0 Å². The van der Waals surface area contributed by atoms with Crippen molar-refractivity contribution < 1.29 is 0 Å². The molecule has 2 aromatic heterocycles. The number of benzene rings is 2. The second kappa shape index (κ2) is 12.5. The lowest BCUT2D eigenvalue weighted by molar-refractivity contribution is 0.253. The molecule has 0 bridgehead atoms. The summed E-state index contributed by atoms with van der Waals surface area (Å²) in [6.07, 6.45) is 7.90. The monoisotopic (exact) mass is 495 g/mol. The second-order valence-electron chi connectivity index (χ2n) is 9.75. The number of hydrogen-bond donors (Lipinski definition) is 3. The van der Waals surface area contributed by atoms with Crippen LogP contribution in [0, 0.1) is 0 Å². The Morgan fingerprint density at radius 2 is 1.81 bits per heavy atom. The van der Waals surface area contributed by atoms with Gasteiger partial charge in [0.15, 0.2) is 0 Å². The van der Waals surface area contributed by atoms with Crippen molar-refractivity contribution in [2.45, 2.75) is 39.0 Å². The first-order chi connectivity index (χ1) is 18.2. The molecule has 0 spiro atoms. The topological polar surface area (TPSA) is 72.1 Å². The summed E-state index contributed by atoms with van der Waals surface area (Å²) in [7, 11) is 2.20. The van der Waals surface area contributed by atoms with E-state index < -0.39 is 0 Å². The summed E-state index contributed by atoms with van der Waals surface area (Å²) in [4.78, 5) is 16.8. The van der Waals surface area contributed by atoms with Crippen LogP contribution >= 0.6 is 0 Å². The highest BCUT2D eigenvalue weighted by atomic mass is 15.1. The highest BCUT2D eigenvalue weighted by molar-refractivity contribution is 5.74. The molecule has 0 amide bonds. The molecular formula is C30H37N7. The predicted octanol–water partition coefficient (Wildman–Crippen LogP) is 4.59. The van der Waals surface area contributed by atoms with Crippen LogP contribution in [0.15, 0.2) is 79.3 Å². The number of aromatic nitrogens is 3. The van der Waals surface area contributed by atoms with Crippen LogP contribution in [0.1, 0.15) is 34.6 Å². The predicted molar refractivity (Wildman–Crippen MR) is 150 cm³/mol. The van der Waals surface area contributed by atoms with Crippen molar-refractivity contribution in [3.63, 3.8) is 0 Å². The highest BCUT2D eigenvalue weighted by Crippen LogP contribution is 2.33. The zero-order chi connectivity index (χ0) is 25.3. The molecule has 3 heterocycles. The molecule has 0 saturated carbocycles. The second-order valence-corrected chi connectivity index (χ2v) is 9.75. The minimum atomic E-state index is 0.743. The number of nitrogens with zero attached hydrogens (tertiary/aromatic N) is 4. The molecule has 0 atom stereocenters. The molecule has 1 aliphatic heterocycles. The van der Waals surface area contributed by atoms with Gasteiger partial charge in [-0.3, -0.25) is 9.88 Å². The molecule has 0 aliphatic carbocycles. The van der Waals surface area contributed by atoms with Crippen molar-refractivity contribution in [1.29, 1.82) is 0 Å². The number of fused-ring (bicyclic) bond motifs is 1. The fourth-order valence-electron chi connectivity index (χ4n) is 5.00. The molecule has 7 nitrogen and oxygen atoms in total. The SMILES string of the molecule is CN1CCCc2cccc(NCc3ccc(CN(CCNCc4ncc[nH]4)Cc4ccccn4)cc3)c21. The van der Waals surface area contributed by atoms with Gasteiger partial charge in [-0.1, -0.05) is 42.5 Å². The van der Waals surface area contributed by atoms with Crippen LogP contribution in [0.3, 0.4) is 0 Å². The lowest BCUT2D eigenvalue weighted by atomic mass is 10.0. The number of imidazole rings is 1. The molecule has 4 aromatic rings. The van der Waals surface area contributed by atoms with Gasteiger partial charge >= 0.3 is 0 Å². The maximum atomic E-state index is 4.54. The Bertz CT molecular complexity index is 1220. The van der Waals surface area contributed by atoms with Gasteiger partial charge in [-0.05, 0) is 47.7 Å².